The van der Waals surface area contributed by atoms with Gasteiger partial charge in [-0.2, -0.15) is 11.8 Å². The second-order valence-corrected chi connectivity index (χ2v) is 6.35. The number of fused-ring (bicyclic) bond motifs is 1. The number of carbonyl (C=O) groups excluding carboxylic acids is 1. The van der Waals surface area contributed by atoms with Gasteiger partial charge in [-0.1, -0.05) is 0 Å². The number of hydrogen-bond acceptors (Lipinski definition) is 3. The van der Waals surface area contributed by atoms with Crippen molar-refractivity contribution in [2.24, 2.45) is 0 Å². The van der Waals surface area contributed by atoms with Gasteiger partial charge < -0.3 is 16.0 Å². The number of aromatic nitrogens is 1. The molecule has 1 aliphatic carbocycles. The van der Waals surface area contributed by atoms with E-state index in [-0.39, 0.29) is 10.7 Å². The van der Waals surface area contributed by atoms with E-state index >= 15 is 0 Å². The Morgan fingerprint density at radius 3 is 3.00 bits per heavy atom. The molecule has 1 heterocycles. The van der Waals surface area contributed by atoms with Crippen LogP contribution in [0.3, 0.4) is 0 Å². The topological polar surface area (TPSA) is 70.9 Å². The molecule has 5 heteroatoms. The van der Waals surface area contributed by atoms with Gasteiger partial charge in [0.25, 0.3) is 5.91 Å². The van der Waals surface area contributed by atoms with Crippen molar-refractivity contribution in [3.8, 4) is 0 Å². The zero-order chi connectivity index (χ0) is 13.5. The summed E-state index contributed by atoms with van der Waals surface area (Å²) in [4.78, 5) is 15.3. The van der Waals surface area contributed by atoms with Crippen LogP contribution in [-0.2, 0) is 0 Å². The highest BCUT2D eigenvalue weighted by Crippen LogP contribution is 2.46. The van der Waals surface area contributed by atoms with Crippen LogP contribution in [0.2, 0.25) is 0 Å². The van der Waals surface area contributed by atoms with Crippen molar-refractivity contribution in [1.29, 1.82) is 0 Å². The molecule has 3 rings (SSSR count). The molecule has 0 saturated heterocycles. The van der Waals surface area contributed by atoms with Crippen molar-refractivity contribution >= 4 is 34.3 Å². The Hall–Kier alpha value is -1.62. The van der Waals surface area contributed by atoms with Crippen molar-refractivity contribution in [3.05, 3.63) is 30.0 Å². The minimum atomic E-state index is -0.0304. The van der Waals surface area contributed by atoms with Crippen LogP contribution < -0.4 is 11.1 Å². The monoisotopic (exact) mass is 275 g/mol. The standard InChI is InChI=1S/C14H17N3OS/c1-19-14(4-5-14)8-17-13(18)11-7-16-12-3-2-9(15)6-10(11)12/h2-3,6-7,16H,4-5,8,15H2,1H3,(H,17,18). The molecular formula is C14H17N3OS. The van der Waals surface area contributed by atoms with Crippen molar-refractivity contribution in [2.75, 3.05) is 18.5 Å². The lowest BCUT2D eigenvalue weighted by molar-refractivity contribution is 0.0954. The lowest BCUT2D eigenvalue weighted by Gasteiger charge is -2.12. The number of thioether (sulfide) groups is 1. The molecule has 4 N–H and O–H groups in total. The van der Waals surface area contributed by atoms with E-state index in [0.717, 1.165) is 17.4 Å². The summed E-state index contributed by atoms with van der Waals surface area (Å²) in [6.45, 7) is 0.738. The third-order valence-corrected chi connectivity index (χ3v) is 5.18. The first-order chi connectivity index (χ1) is 9.13. The lowest BCUT2D eigenvalue weighted by atomic mass is 10.1. The van der Waals surface area contributed by atoms with E-state index in [1.54, 1.807) is 6.20 Å². The fraction of sp³-hybridized carbons (Fsp3) is 0.357. The summed E-state index contributed by atoms with van der Waals surface area (Å²) in [6.07, 6.45) is 6.23. The molecule has 1 fully saturated rings. The van der Waals surface area contributed by atoms with E-state index in [0.29, 0.717) is 11.3 Å². The molecular weight excluding hydrogens is 258 g/mol. The van der Waals surface area contributed by atoms with E-state index in [1.807, 2.05) is 30.0 Å². The number of anilines is 1. The predicted octanol–water partition coefficient (Wildman–Crippen LogP) is 2.38. The maximum atomic E-state index is 12.2. The highest BCUT2D eigenvalue weighted by molar-refractivity contribution is 8.00. The molecule has 1 aromatic heterocycles. The van der Waals surface area contributed by atoms with Crippen molar-refractivity contribution in [3.63, 3.8) is 0 Å². The second-order valence-electron chi connectivity index (χ2n) is 5.08. The number of H-pyrrole nitrogens is 1. The van der Waals surface area contributed by atoms with Crippen LogP contribution >= 0.6 is 11.8 Å². The van der Waals surface area contributed by atoms with Crippen LogP contribution in [0.25, 0.3) is 10.9 Å². The Bertz CT molecular complexity index is 631. The molecule has 0 radical (unpaired) electrons. The number of nitrogen functional groups attached to an aromatic ring is 1. The number of nitrogens with one attached hydrogen (secondary N) is 2. The first-order valence-corrected chi connectivity index (χ1v) is 7.56. The highest BCUT2D eigenvalue weighted by atomic mass is 32.2. The summed E-state index contributed by atoms with van der Waals surface area (Å²) < 4.78 is 0.279. The Morgan fingerprint density at radius 1 is 1.53 bits per heavy atom. The average Bonchev–Trinajstić information content (AvgIpc) is 3.08. The molecule has 19 heavy (non-hydrogen) atoms. The van der Waals surface area contributed by atoms with Crippen LogP contribution in [0.5, 0.6) is 0 Å². The summed E-state index contributed by atoms with van der Waals surface area (Å²) in [5, 5.41) is 3.91. The first kappa shape index (κ1) is 12.4. The zero-order valence-corrected chi connectivity index (χ0v) is 11.6. The summed E-state index contributed by atoms with van der Waals surface area (Å²) in [5.41, 5.74) is 8.05. The molecule has 1 aromatic carbocycles. The largest absolute Gasteiger partial charge is 0.399 e. The zero-order valence-electron chi connectivity index (χ0n) is 10.8. The van der Waals surface area contributed by atoms with Gasteiger partial charge in [-0.05, 0) is 37.3 Å². The third-order valence-electron chi connectivity index (χ3n) is 3.76. The molecule has 0 spiro atoms. The molecule has 1 amide bonds. The van der Waals surface area contributed by atoms with Crippen LogP contribution in [-0.4, -0.2) is 28.4 Å². The van der Waals surface area contributed by atoms with E-state index < -0.39 is 0 Å². The van der Waals surface area contributed by atoms with Gasteiger partial charge in [-0.15, -0.1) is 0 Å². The number of aromatic amines is 1. The highest BCUT2D eigenvalue weighted by Gasteiger charge is 2.42. The van der Waals surface area contributed by atoms with Crippen molar-refractivity contribution in [1.82, 2.24) is 10.3 Å². The van der Waals surface area contributed by atoms with Gasteiger partial charge in [0, 0.05) is 34.1 Å². The van der Waals surface area contributed by atoms with Crippen LogP contribution in [0.15, 0.2) is 24.4 Å². The van der Waals surface area contributed by atoms with Crippen LogP contribution in [0.4, 0.5) is 5.69 Å². The van der Waals surface area contributed by atoms with Gasteiger partial charge in [0.05, 0.1) is 5.56 Å². The molecule has 0 aliphatic heterocycles. The lowest BCUT2D eigenvalue weighted by Crippen LogP contribution is -2.31. The van der Waals surface area contributed by atoms with Gasteiger partial charge in [0.15, 0.2) is 0 Å². The summed E-state index contributed by atoms with van der Waals surface area (Å²) in [5.74, 6) is -0.0304. The van der Waals surface area contributed by atoms with Gasteiger partial charge in [0.2, 0.25) is 0 Å². The summed E-state index contributed by atoms with van der Waals surface area (Å²) in [7, 11) is 0. The quantitative estimate of drug-likeness (QED) is 0.750. The third kappa shape index (κ3) is 2.30. The number of rotatable bonds is 4. The SMILES string of the molecule is CSC1(CNC(=O)c2c[nH]c3ccc(N)cc23)CC1. The molecule has 0 atom stereocenters. The summed E-state index contributed by atoms with van der Waals surface area (Å²) in [6, 6.07) is 5.56. The van der Waals surface area contributed by atoms with Crippen molar-refractivity contribution < 1.29 is 4.79 Å². The molecule has 0 unspecified atom stereocenters. The fourth-order valence-corrected chi connectivity index (χ4v) is 2.98. The number of carbonyl (C=O) groups is 1. The molecule has 1 aliphatic rings. The molecule has 100 valence electrons. The Morgan fingerprint density at radius 2 is 2.32 bits per heavy atom. The molecule has 1 saturated carbocycles. The molecule has 4 nitrogen and oxygen atoms in total. The fourth-order valence-electron chi connectivity index (χ4n) is 2.26. The van der Waals surface area contributed by atoms with Gasteiger partial charge in [0.1, 0.15) is 0 Å². The van der Waals surface area contributed by atoms with Gasteiger partial charge in [-0.3, -0.25) is 4.79 Å². The molecule has 0 bridgehead atoms. The number of hydrogen-bond donors (Lipinski definition) is 3. The Kier molecular flexibility index (Phi) is 2.93. The predicted molar refractivity (Wildman–Crippen MR) is 80.5 cm³/mol. The Balaban J connectivity index is 1.79. The van der Waals surface area contributed by atoms with E-state index in [9.17, 15) is 4.79 Å². The van der Waals surface area contributed by atoms with Crippen LogP contribution in [0, 0.1) is 0 Å². The van der Waals surface area contributed by atoms with Gasteiger partial charge in [-0.25, -0.2) is 0 Å². The van der Waals surface area contributed by atoms with Crippen molar-refractivity contribution in [2.45, 2.75) is 17.6 Å². The van der Waals surface area contributed by atoms with Crippen LogP contribution in [0.1, 0.15) is 23.2 Å². The average molecular weight is 275 g/mol. The van der Waals surface area contributed by atoms with E-state index in [1.165, 1.54) is 12.8 Å². The maximum absolute atomic E-state index is 12.2. The number of benzene rings is 1. The number of amides is 1. The maximum Gasteiger partial charge on any atom is 0.253 e. The Labute approximate surface area is 116 Å². The smallest absolute Gasteiger partial charge is 0.253 e. The normalized spacial score (nSPS) is 16.5. The van der Waals surface area contributed by atoms with Gasteiger partial charge >= 0.3 is 0 Å². The number of nitrogens with two attached hydrogens (primary N) is 1. The minimum Gasteiger partial charge on any atom is -0.399 e. The summed E-state index contributed by atoms with van der Waals surface area (Å²) >= 11 is 1.84. The first-order valence-electron chi connectivity index (χ1n) is 6.33. The van der Waals surface area contributed by atoms with E-state index in [2.05, 4.69) is 16.6 Å². The molecule has 2 aromatic rings. The minimum absolute atomic E-state index is 0.0304. The second kappa shape index (κ2) is 4.49. The van der Waals surface area contributed by atoms with E-state index in [4.69, 9.17) is 5.73 Å².